The third kappa shape index (κ3) is 4.78. The van der Waals surface area contributed by atoms with E-state index in [1.807, 2.05) is 6.07 Å². The average molecular weight is 415 g/mol. The molecule has 1 aromatic heterocycles. The summed E-state index contributed by atoms with van der Waals surface area (Å²) in [5.41, 5.74) is 1.80. The lowest BCUT2D eigenvalue weighted by atomic mass is 10.1. The van der Waals surface area contributed by atoms with Crippen molar-refractivity contribution in [2.45, 2.75) is 25.5 Å². The van der Waals surface area contributed by atoms with Crippen LogP contribution in [0.25, 0.3) is 11.5 Å². The van der Waals surface area contributed by atoms with E-state index in [9.17, 15) is 9.18 Å². The van der Waals surface area contributed by atoms with E-state index in [4.69, 9.17) is 21.0 Å². The van der Waals surface area contributed by atoms with Gasteiger partial charge in [-0.15, -0.1) is 0 Å². The molecule has 2 heterocycles. The molecule has 1 amide bonds. The summed E-state index contributed by atoms with van der Waals surface area (Å²) >= 11 is 5.98. The van der Waals surface area contributed by atoms with Gasteiger partial charge in [-0.3, -0.25) is 4.79 Å². The lowest BCUT2D eigenvalue weighted by Crippen LogP contribution is -2.30. The number of carbonyl (C=O) groups is 1. The predicted octanol–water partition coefficient (Wildman–Crippen LogP) is 3.53. The SMILES string of the molecule is O=C(NCc1ccc(F)cc1)C1=NO[C@@H](Cc2noc(-c3cccc(Cl)c3)n2)C1. The lowest BCUT2D eigenvalue weighted by Gasteiger charge is -2.05. The zero-order valence-corrected chi connectivity index (χ0v) is 15.9. The number of carbonyl (C=O) groups excluding carboxylic acids is 1. The van der Waals surface area contributed by atoms with Crippen molar-refractivity contribution < 1.29 is 18.5 Å². The molecule has 0 saturated heterocycles. The Bertz CT molecular complexity index is 1050. The molecule has 4 rings (SSSR count). The van der Waals surface area contributed by atoms with Crippen molar-refractivity contribution in [3.63, 3.8) is 0 Å². The Morgan fingerprint density at radius 3 is 2.86 bits per heavy atom. The van der Waals surface area contributed by atoms with E-state index in [1.165, 1.54) is 12.1 Å². The second-order valence-electron chi connectivity index (χ2n) is 6.51. The second-order valence-corrected chi connectivity index (χ2v) is 6.95. The highest BCUT2D eigenvalue weighted by Crippen LogP contribution is 2.22. The first-order valence-corrected chi connectivity index (χ1v) is 9.28. The Balaban J connectivity index is 1.29. The van der Waals surface area contributed by atoms with Gasteiger partial charge in [-0.05, 0) is 35.9 Å². The van der Waals surface area contributed by atoms with Crippen molar-refractivity contribution in [3.05, 3.63) is 70.8 Å². The van der Waals surface area contributed by atoms with Crippen molar-refractivity contribution in [1.82, 2.24) is 15.5 Å². The fourth-order valence-electron chi connectivity index (χ4n) is 2.84. The van der Waals surface area contributed by atoms with Crippen LogP contribution in [-0.4, -0.2) is 27.9 Å². The molecule has 0 aliphatic carbocycles. The first-order valence-electron chi connectivity index (χ1n) is 8.90. The van der Waals surface area contributed by atoms with Gasteiger partial charge in [0.2, 0.25) is 0 Å². The third-order valence-electron chi connectivity index (χ3n) is 4.31. The number of aromatic nitrogens is 2. The normalized spacial score (nSPS) is 15.7. The lowest BCUT2D eigenvalue weighted by molar-refractivity contribution is -0.115. The molecule has 7 nitrogen and oxygen atoms in total. The minimum Gasteiger partial charge on any atom is -0.391 e. The Hall–Kier alpha value is -3.26. The quantitative estimate of drug-likeness (QED) is 0.666. The molecule has 0 spiro atoms. The standard InChI is InChI=1S/C20H16ClFN4O3/c21-14-3-1-2-13(8-14)20-24-18(26-29-20)10-16-9-17(25-28-16)19(27)23-11-12-4-6-15(22)7-5-12/h1-8,16H,9-11H2,(H,23,27)/t16-/m1/s1. The largest absolute Gasteiger partial charge is 0.391 e. The van der Waals surface area contributed by atoms with Gasteiger partial charge in [-0.25, -0.2) is 4.39 Å². The molecule has 9 heteroatoms. The molecular weight excluding hydrogens is 399 g/mol. The van der Waals surface area contributed by atoms with Crippen LogP contribution < -0.4 is 5.32 Å². The molecule has 1 atom stereocenters. The average Bonchev–Trinajstić information content (AvgIpc) is 3.38. The Morgan fingerprint density at radius 2 is 2.07 bits per heavy atom. The van der Waals surface area contributed by atoms with E-state index in [-0.39, 0.29) is 30.1 Å². The van der Waals surface area contributed by atoms with E-state index in [2.05, 4.69) is 20.6 Å². The summed E-state index contributed by atoms with van der Waals surface area (Å²) in [6.45, 7) is 0.274. The molecule has 2 aromatic carbocycles. The van der Waals surface area contributed by atoms with Gasteiger partial charge < -0.3 is 14.7 Å². The molecule has 29 heavy (non-hydrogen) atoms. The van der Waals surface area contributed by atoms with Crippen molar-refractivity contribution in [2.24, 2.45) is 5.16 Å². The first kappa shape index (κ1) is 19.1. The van der Waals surface area contributed by atoms with Gasteiger partial charge in [-0.2, -0.15) is 4.98 Å². The second kappa shape index (κ2) is 8.40. The van der Waals surface area contributed by atoms with E-state index in [1.54, 1.807) is 30.3 Å². The van der Waals surface area contributed by atoms with E-state index in [0.29, 0.717) is 29.6 Å². The highest BCUT2D eigenvalue weighted by molar-refractivity contribution is 6.39. The fraction of sp³-hybridized carbons (Fsp3) is 0.200. The number of rotatable bonds is 6. The molecule has 1 aliphatic rings. The summed E-state index contributed by atoms with van der Waals surface area (Å²) in [7, 11) is 0. The monoisotopic (exact) mass is 414 g/mol. The molecule has 3 aromatic rings. The predicted molar refractivity (Wildman–Crippen MR) is 104 cm³/mol. The number of hydrogen-bond acceptors (Lipinski definition) is 6. The highest BCUT2D eigenvalue weighted by atomic mass is 35.5. The minimum atomic E-state index is -0.355. The van der Waals surface area contributed by atoms with Crippen LogP contribution in [-0.2, 0) is 22.6 Å². The number of nitrogens with one attached hydrogen (secondary N) is 1. The number of amides is 1. The third-order valence-corrected chi connectivity index (χ3v) is 4.55. The maximum Gasteiger partial charge on any atom is 0.269 e. The Labute approximate surface area is 170 Å². The van der Waals surface area contributed by atoms with Crippen molar-refractivity contribution in [3.8, 4) is 11.5 Å². The summed E-state index contributed by atoms with van der Waals surface area (Å²) in [5, 5.41) is 11.1. The minimum absolute atomic E-state index is 0.274. The molecule has 1 N–H and O–H groups in total. The van der Waals surface area contributed by atoms with E-state index in [0.717, 1.165) is 11.1 Å². The van der Waals surface area contributed by atoms with Gasteiger partial charge in [0.15, 0.2) is 5.82 Å². The molecule has 0 bridgehead atoms. The van der Waals surface area contributed by atoms with Crippen molar-refractivity contribution >= 4 is 23.2 Å². The van der Waals surface area contributed by atoms with E-state index >= 15 is 0 Å². The molecule has 148 valence electrons. The van der Waals surface area contributed by atoms with Crippen molar-refractivity contribution in [2.75, 3.05) is 0 Å². The van der Waals surface area contributed by atoms with E-state index < -0.39 is 0 Å². The van der Waals surface area contributed by atoms with Crippen LogP contribution in [0.5, 0.6) is 0 Å². The molecule has 0 saturated carbocycles. The fourth-order valence-corrected chi connectivity index (χ4v) is 3.03. The number of halogens is 2. The molecule has 1 aliphatic heterocycles. The summed E-state index contributed by atoms with van der Waals surface area (Å²) in [6.07, 6.45) is 0.324. The summed E-state index contributed by atoms with van der Waals surface area (Å²) in [4.78, 5) is 21.9. The Morgan fingerprint density at radius 1 is 1.24 bits per heavy atom. The summed E-state index contributed by atoms with van der Waals surface area (Å²) < 4.78 is 18.2. The van der Waals surface area contributed by atoms with Gasteiger partial charge in [0.1, 0.15) is 17.6 Å². The van der Waals surface area contributed by atoms with Crippen LogP contribution in [0.3, 0.4) is 0 Å². The topological polar surface area (TPSA) is 89.6 Å². The molecular formula is C20H16ClFN4O3. The van der Waals surface area contributed by atoms with Crippen LogP contribution in [0, 0.1) is 5.82 Å². The van der Waals surface area contributed by atoms with Crippen LogP contribution in [0.1, 0.15) is 17.8 Å². The maximum absolute atomic E-state index is 12.9. The maximum atomic E-state index is 12.9. The molecule has 0 radical (unpaired) electrons. The number of benzene rings is 2. The van der Waals surface area contributed by atoms with Crippen molar-refractivity contribution in [1.29, 1.82) is 0 Å². The number of hydrogen-bond donors (Lipinski definition) is 1. The zero-order valence-electron chi connectivity index (χ0n) is 15.1. The molecule has 0 unspecified atom stereocenters. The van der Waals surface area contributed by atoms with Crippen LogP contribution >= 0.6 is 11.6 Å². The van der Waals surface area contributed by atoms with Crippen LogP contribution in [0.2, 0.25) is 5.02 Å². The first-order chi connectivity index (χ1) is 14.1. The summed E-state index contributed by atoms with van der Waals surface area (Å²) in [5.74, 6) is 0.160. The molecule has 0 fully saturated rings. The van der Waals surface area contributed by atoms with Gasteiger partial charge in [0.25, 0.3) is 11.8 Å². The Kier molecular flexibility index (Phi) is 5.53. The van der Waals surface area contributed by atoms with Gasteiger partial charge in [0.05, 0.1) is 6.42 Å². The van der Waals surface area contributed by atoms with Crippen LogP contribution in [0.4, 0.5) is 4.39 Å². The van der Waals surface area contributed by atoms with Crippen LogP contribution in [0.15, 0.2) is 58.2 Å². The highest BCUT2D eigenvalue weighted by Gasteiger charge is 2.27. The van der Waals surface area contributed by atoms with Gasteiger partial charge >= 0.3 is 0 Å². The van der Waals surface area contributed by atoms with Gasteiger partial charge in [-0.1, -0.05) is 40.1 Å². The number of oxime groups is 1. The number of nitrogens with zero attached hydrogens (tertiary/aromatic N) is 3. The smallest absolute Gasteiger partial charge is 0.269 e. The summed E-state index contributed by atoms with van der Waals surface area (Å²) in [6, 6.07) is 13.0. The van der Waals surface area contributed by atoms with Gasteiger partial charge in [0, 0.05) is 23.6 Å². The zero-order chi connectivity index (χ0) is 20.2.